The van der Waals surface area contributed by atoms with Crippen LogP contribution >= 0.6 is 0 Å². The molecule has 0 bridgehead atoms. The Kier molecular flexibility index (Phi) is 6.79. The van der Waals surface area contributed by atoms with Crippen LogP contribution in [0.3, 0.4) is 0 Å². The number of aromatic hydroxyl groups is 1. The molecule has 0 aliphatic heterocycles. The van der Waals surface area contributed by atoms with Crippen molar-refractivity contribution in [2.45, 2.75) is 32.7 Å². The highest BCUT2D eigenvalue weighted by Gasteiger charge is 2.16. The predicted molar refractivity (Wildman–Crippen MR) is 115 cm³/mol. The number of carbonyl (C=O) groups is 1. The van der Waals surface area contributed by atoms with E-state index < -0.39 is 5.91 Å². The van der Waals surface area contributed by atoms with Crippen molar-refractivity contribution in [3.8, 4) is 11.5 Å². The van der Waals surface area contributed by atoms with E-state index in [1.165, 1.54) is 18.0 Å². The van der Waals surface area contributed by atoms with Gasteiger partial charge in [-0.25, -0.2) is 10.1 Å². The fourth-order valence-electron chi connectivity index (χ4n) is 3.09. The van der Waals surface area contributed by atoms with Crippen LogP contribution in [0.25, 0.3) is 10.8 Å². The summed E-state index contributed by atoms with van der Waals surface area (Å²) in [4.78, 5) is 25.5. The van der Waals surface area contributed by atoms with Crippen molar-refractivity contribution in [1.29, 1.82) is 0 Å². The highest BCUT2D eigenvalue weighted by molar-refractivity contribution is 6.05. The molecule has 0 saturated carbocycles. The SMILES string of the molecule is CCCCCn1nc(C(=O)N/N=C/c2cccc(OC)c2O)c2ccccc2c1=O. The summed E-state index contributed by atoms with van der Waals surface area (Å²) < 4.78 is 6.39. The second-order valence-corrected chi connectivity index (χ2v) is 6.73. The average molecular weight is 408 g/mol. The van der Waals surface area contributed by atoms with E-state index in [-0.39, 0.29) is 17.0 Å². The van der Waals surface area contributed by atoms with Gasteiger partial charge in [0.25, 0.3) is 11.5 Å². The van der Waals surface area contributed by atoms with E-state index in [1.807, 2.05) is 0 Å². The van der Waals surface area contributed by atoms with Crippen molar-refractivity contribution in [3.63, 3.8) is 0 Å². The number of hydrazone groups is 1. The average Bonchev–Trinajstić information content (AvgIpc) is 2.76. The summed E-state index contributed by atoms with van der Waals surface area (Å²) in [6, 6.07) is 11.8. The third kappa shape index (κ3) is 4.48. The Bertz CT molecular complexity index is 1140. The van der Waals surface area contributed by atoms with E-state index >= 15 is 0 Å². The first-order valence-electron chi connectivity index (χ1n) is 9.76. The van der Waals surface area contributed by atoms with Gasteiger partial charge in [0.15, 0.2) is 17.2 Å². The molecule has 0 atom stereocenters. The van der Waals surface area contributed by atoms with Gasteiger partial charge in [0.2, 0.25) is 0 Å². The minimum Gasteiger partial charge on any atom is -0.504 e. The summed E-state index contributed by atoms with van der Waals surface area (Å²) in [5.74, 6) is -0.322. The minimum atomic E-state index is -0.547. The maximum atomic E-state index is 12.8. The molecule has 3 rings (SSSR count). The first kappa shape index (κ1) is 21.0. The zero-order valence-corrected chi connectivity index (χ0v) is 17.0. The van der Waals surface area contributed by atoms with Gasteiger partial charge < -0.3 is 9.84 Å². The summed E-state index contributed by atoms with van der Waals surface area (Å²) in [5, 5.41) is 19.2. The summed E-state index contributed by atoms with van der Waals surface area (Å²) in [6.07, 6.45) is 4.10. The maximum Gasteiger partial charge on any atom is 0.292 e. The number of rotatable bonds is 8. The number of methoxy groups -OCH3 is 1. The molecule has 0 fully saturated rings. The first-order chi connectivity index (χ1) is 14.6. The maximum absolute atomic E-state index is 12.8. The molecule has 2 N–H and O–H groups in total. The van der Waals surface area contributed by atoms with Crippen molar-refractivity contribution < 1.29 is 14.6 Å². The molecule has 8 nitrogen and oxygen atoms in total. The van der Waals surface area contributed by atoms with Gasteiger partial charge in [-0.05, 0) is 24.6 Å². The highest BCUT2D eigenvalue weighted by atomic mass is 16.5. The lowest BCUT2D eigenvalue weighted by Gasteiger charge is -2.10. The molecule has 156 valence electrons. The van der Waals surface area contributed by atoms with Crippen molar-refractivity contribution in [3.05, 3.63) is 64.1 Å². The molecule has 1 heterocycles. The van der Waals surface area contributed by atoms with Gasteiger partial charge in [-0.1, -0.05) is 44.0 Å². The smallest absolute Gasteiger partial charge is 0.292 e. The Labute approximate surface area is 173 Å². The number of fused-ring (bicyclic) bond motifs is 1. The molecule has 0 radical (unpaired) electrons. The molecule has 0 unspecified atom stereocenters. The topological polar surface area (TPSA) is 106 Å². The molecular weight excluding hydrogens is 384 g/mol. The van der Waals surface area contributed by atoms with E-state index in [0.717, 1.165) is 19.3 Å². The van der Waals surface area contributed by atoms with Crippen LogP contribution in [-0.4, -0.2) is 34.1 Å². The third-order valence-electron chi connectivity index (χ3n) is 4.68. The van der Waals surface area contributed by atoms with E-state index in [0.29, 0.717) is 28.6 Å². The standard InChI is InChI=1S/C22H24N4O4/c1-3-4-7-13-26-22(29)17-11-6-5-10-16(17)19(25-26)21(28)24-23-14-15-9-8-12-18(30-2)20(15)27/h5-6,8-12,14,27H,3-4,7,13H2,1-2H3,(H,24,28)/b23-14+. The van der Waals surface area contributed by atoms with Gasteiger partial charge in [-0.2, -0.15) is 10.2 Å². The van der Waals surface area contributed by atoms with E-state index in [2.05, 4.69) is 22.5 Å². The number of carbonyl (C=O) groups excluding carboxylic acids is 1. The second-order valence-electron chi connectivity index (χ2n) is 6.73. The molecule has 0 saturated heterocycles. The van der Waals surface area contributed by atoms with Gasteiger partial charge in [-0.3, -0.25) is 9.59 Å². The molecular formula is C22H24N4O4. The number of hydrogen-bond donors (Lipinski definition) is 2. The van der Waals surface area contributed by atoms with Crippen molar-refractivity contribution >= 4 is 22.9 Å². The number of hydrogen-bond acceptors (Lipinski definition) is 6. The minimum absolute atomic E-state index is 0.0777. The lowest BCUT2D eigenvalue weighted by atomic mass is 10.1. The van der Waals surface area contributed by atoms with Crippen LogP contribution in [0.1, 0.15) is 42.2 Å². The lowest BCUT2D eigenvalue weighted by molar-refractivity contribution is 0.0949. The molecule has 1 amide bonds. The number of unbranched alkanes of at least 4 members (excludes halogenated alkanes) is 2. The van der Waals surface area contributed by atoms with E-state index in [1.54, 1.807) is 42.5 Å². The Morgan fingerprint density at radius 3 is 2.70 bits per heavy atom. The van der Waals surface area contributed by atoms with Crippen LogP contribution in [0.4, 0.5) is 0 Å². The number of phenolic OH excluding ortho intramolecular Hbond substituents is 1. The molecule has 8 heteroatoms. The second kappa shape index (κ2) is 9.69. The third-order valence-corrected chi connectivity index (χ3v) is 4.68. The number of phenols is 1. The normalized spacial score (nSPS) is 11.1. The zero-order chi connectivity index (χ0) is 21.5. The molecule has 0 spiro atoms. The lowest BCUT2D eigenvalue weighted by Crippen LogP contribution is -2.29. The summed E-state index contributed by atoms with van der Waals surface area (Å²) >= 11 is 0. The molecule has 30 heavy (non-hydrogen) atoms. The van der Waals surface area contributed by atoms with E-state index in [4.69, 9.17) is 4.74 Å². The summed E-state index contributed by atoms with van der Waals surface area (Å²) in [5.41, 5.74) is 2.70. The van der Waals surface area contributed by atoms with Crippen LogP contribution in [0.5, 0.6) is 11.5 Å². The Balaban J connectivity index is 1.89. The molecule has 0 aliphatic carbocycles. The quantitative estimate of drug-likeness (QED) is 0.339. The monoisotopic (exact) mass is 408 g/mol. The molecule has 1 aromatic heterocycles. The number of ether oxygens (including phenoxy) is 1. The number of benzene rings is 2. The van der Waals surface area contributed by atoms with Gasteiger partial charge in [0.05, 0.1) is 18.7 Å². The van der Waals surface area contributed by atoms with Crippen LogP contribution in [0.2, 0.25) is 0 Å². The number of nitrogens with zero attached hydrogens (tertiary/aromatic N) is 3. The van der Waals surface area contributed by atoms with Gasteiger partial charge >= 0.3 is 0 Å². The van der Waals surface area contributed by atoms with Crippen molar-refractivity contribution in [2.24, 2.45) is 5.10 Å². The Morgan fingerprint density at radius 1 is 1.20 bits per heavy atom. The van der Waals surface area contributed by atoms with Crippen LogP contribution < -0.4 is 15.7 Å². The number of amides is 1. The number of aryl methyl sites for hydroxylation is 1. The van der Waals surface area contributed by atoms with Crippen LogP contribution in [-0.2, 0) is 6.54 Å². The summed E-state index contributed by atoms with van der Waals surface area (Å²) in [7, 11) is 1.45. The molecule has 0 aliphatic rings. The number of nitrogens with one attached hydrogen (secondary N) is 1. The Morgan fingerprint density at radius 2 is 1.97 bits per heavy atom. The van der Waals surface area contributed by atoms with Gasteiger partial charge in [-0.15, -0.1) is 0 Å². The largest absolute Gasteiger partial charge is 0.504 e. The van der Waals surface area contributed by atoms with Crippen LogP contribution in [0, 0.1) is 0 Å². The number of aromatic nitrogens is 2. The first-order valence-corrected chi connectivity index (χ1v) is 9.76. The zero-order valence-electron chi connectivity index (χ0n) is 17.0. The van der Waals surface area contributed by atoms with Gasteiger partial charge in [0, 0.05) is 17.5 Å². The van der Waals surface area contributed by atoms with E-state index in [9.17, 15) is 14.7 Å². The number of para-hydroxylation sites is 1. The summed E-state index contributed by atoms with van der Waals surface area (Å²) in [6.45, 7) is 2.52. The highest BCUT2D eigenvalue weighted by Crippen LogP contribution is 2.27. The fraction of sp³-hybridized carbons (Fsp3) is 0.273. The van der Waals surface area contributed by atoms with Gasteiger partial charge in [0.1, 0.15) is 0 Å². The fourth-order valence-corrected chi connectivity index (χ4v) is 3.09. The predicted octanol–water partition coefficient (Wildman–Crippen LogP) is 3.06. The molecule has 2 aromatic carbocycles. The molecule has 3 aromatic rings. The van der Waals surface area contributed by atoms with Crippen molar-refractivity contribution in [1.82, 2.24) is 15.2 Å². The van der Waals surface area contributed by atoms with Crippen LogP contribution in [0.15, 0.2) is 52.4 Å². The van der Waals surface area contributed by atoms with Crippen molar-refractivity contribution in [2.75, 3.05) is 7.11 Å². The Hall–Kier alpha value is -3.68.